The number of pyridine rings is 1. The number of rotatable bonds is 4. The number of aryl methyl sites for hydroxylation is 1. The van der Waals surface area contributed by atoms with Crippen molar-refractivity contribution in [1.29, 1.82) is 0 Å². The van der Waals surface area contributed by atoms with Crippen LogP contribution in [0.5, 0.6) is 0 Å². The molecule has 0 aromatic carbocycles. The van der Waals surface area contributed by atoms with Crippen LogP contribution in [0.4, 0.5) is 20.4 Å². The molecule has 2 aromatic heterocycles. The highest BCUT2D eigenvalue weighted by molar-refractivity contribution is 7.09. The van der Waals surface area contributed by atoms with Gasteiger partial charge in [-0.1, -0.05) is 0 Å². The number of nitrogens with two attached hydrogens (primary N) is 1. The van der Waals surface area contributed by atoms with Gasteiger partial charge in [-0.25, -0.2) is 24.6 Å². The fourth-order valence-electron chi connectivity index (χ4n) is 1.35. The Balaban J connectivity index is 2.16. The van der Waals surface area contributed by atoms with Crippen molar-refractivity contribution in [3.05, 3.63) is 33.8 Å². The van der Waals surface area contributed by atoms with Gasteiger partial charge >= 0.3 is 0 Å². The third-order valence-corrected chi connectivity index (χ3v) is 3.26. The molecule has 0 unspecified atom stereocenters. The number of nitrogen functional groups attached to an aromatic ring is 1. The van der Waals surface area contributed by atoms with Gasteiger partial charge in [0.1, 0.15) is 0 Å². The van der Waals surface area contributed by atoms with E-state index in [1.54, 1.807) is 5.51 Å². The van der Waals surface area contributed by atoms with Crippen molar-refractivity contribution in [2.45, 2.75) is 13.5 Å². The largest absolute Gasteiger partial charge is 0.363 e. The van der Waals surface area contributed by atoms with E-state index in [2.05, 4.69) is 20.7 Å². The maximum atomic E-state index is 13.5. The molecule has 8 heteroatoms. The van der Waals surface area contributed by atoms with Crippen molar-refractivity contribution >= 4 is 23.0 Å². The van der Waals surface area contributed by atoms with Gasteiger partial charge in [0.05, 0.1) is 17.7 Å². The van der Waals surface area contributed by atoms with Gasteiger partial charge in [-0.15, -0.1) is 11.3 Å². The summed E-state index contributed by atoms with van der Waals surface area (Å²) in [6, 6.07) is 0.726. The van der Waals surface area contributed by atoms with E-state index in [1.165, 1.54) is 11.3 Å². The van der Waals surface area contributed by atoms with Crippen molar-refractivity contribution in [3.63, 3.8) is 0 Å². The average molecular weight is 271 g/mol. The SMILES string of the molecule is Cc1ncsc1CNc1nc(NN)c(F)cc1F. The monoisotopic (exact) mass is 271 g/mol. The van der Waals surface area contributed by atoms with Gasteiger partial charge in [0, 0.05) is 10.9 Å². The van der Waals surface area contributed by atoms with Gasteiger partial charge in [0.2, 0.25) is 0 Å². The first kappa shape index (κ1) is 12.7. The number of halogens is 2. The summed E-state index contributed by atoms with van der Waals surface area (Å²) in [7, 11) is 0. The second kappa shape index (κ2) is 5.23. The molecule has 0 saturated heterocycles. The molecule has 0 fully saturated rings. The number of hydrogen-bond donors (Lipinski definition) is 3. The van der Waals surface area contributed by atoms with Crippen LogP contribution in [0.3, 0.4) is 0 Å². The number of anilines is 2. The molecule has 5 nitrogen and oxygen atoms in total. The highest BCUT2D eigenvalue weighted by atomic mass is 32.1. The van der Waals surface area contributed by atoms with Crippen LogP contribution in [0.15, 0.2) is 11.6 Å². The van der Waals surface area contributed by atoms with Gasteiger partial charge in [0.15, 0.2) is 23.3 Å². The molecule has 2 rings (SSSR count). The summed E-state index contributed by atoms with van der Waals surface area (Å²) < 4.78 is 26.6. The molecule has 0 amide bonds. The minimum atomic E-state index is -0.838. The summed E-state index contributed by atoms with van der Waals surface area (Å²) in [4.78, 5) is 8.74. The van der Waals surface area contributed by atoms with Gasteiger partial charge in [-0.2, -0.15) is 0 Å². The normalized spacial score (nSPS) is 10.4. The standard InChI is InChI=1S/C10H11F2N5S/c1-5-8(18-4-15-5)3-14-9-6(11)2-7(12)10(16-9)17-13/h2,4H,3,13H2,1H3,(H2,14,16,17). The molecule has 0 aliphatic carbocycles. The lowest BCUT2D eigenvalue weighted by Gasteiger charge is -2.08. The number of nitrogens with one attached hydrogen (secondary N) is 2. The maximum Gasteiger partial charge on any atom is 0.178 e. The van der Waals surface area contributed by atoms with Crippen LogP contribution in [-0.4, -0.2) is 9.97 Å². The van der Waals surface area contributed by atoms with Gasteiger partial charge < -0.3 is 10.7 Å². The van der Waals surface area contributed by atoms with Crippen LogP contribution in [0, 0.1) is 18.6 Å². The molecule has 96 valence electrons. The summed E-state index contributed by atoms with van der Waals surface area (Å²) in [5.74, 6) is 3.20. The van der Waals surface area contributed by atoms with Crippen LogP contribution in [-0.2, 0) is 6.54 Å². The van der Waals surface area contributed by atoms with Crippen LogP contribution in [0.25, 0.3) is 0 Å². The Hall–Kier alpha value is -1.80. The van der Waals surface area contributed by atoms with Crippen LogP contribution >= 0.6 is 11.3 Å². The molecule has 0 spiro atoms. The minimum absolute atomic E-state index is 0.0582. The fraction of sp³-hybridized carbons (Fsp3) is 0.200. The Kier molecular flexibility index (Phi) is 3.68. The van der Waals surface area contributed by atoms with E-state index in [9.17, 15) is 8.78 Å². The third-order valence-electron chi connectivity index (χ3n) is 2.33. The fourth-order valence-corrected chi connectivity index (χ4v) is 2.07. The Morgan fingerprint density at radius 2 is 2.06 bits per heavy atom. The van der Waals surface area contributed by atoms with E-state index in [4.69, 9.17) is 5.84 Å². The Bertz CT molecular complexity index is 557. The molecule has 18 heavy (non-hydrogen) atoms. The number of nitrogens with zero attached hydrogens (tertiary/aromatic N) is 2. The lowest BCUT2D eigenvalue weighted by atomic mass is 10.3. The topological polar surface area (TPSA) is 75.9 Å². The van der Waals surface area contributed by atoms with E-state index >= 15 is 0 Å². The molecule has 2 heterocycles. The molecule has 0 saturated carbocycles. The summed E-state index contributed by atoms with van der Waals surface area (Å²) in [6.45, 7) is 2.23. The molecular formula is C10H11F2N5S. The quantitative estimate of drug-likeness (QED) is 0.586. The van der Waals surface area contributed by atoms with E-state index in [1.807, 2.05) is 6.92 Å². The van der Waals surface area contributed by atoms with Crippen LogP contribution in [0.2, 0.25) is 0 Å². The predicted molar refractivity (Wildman–Crippen MR) is 66.1 cm³/mol. The second-order valence-corrected chi connectivity index (χ2v) is 4.45. The van der Waals surface area contributed by atoms with E-state index in [0.717, 1.165) is 16.6 Å². The smallest absolute Gasteiger partial charge is 0.178 e. The lowest BCUT2D eigenvalue weighted by Crippen LogP contribution is -2.13. The van der Waals surface area contributed by atoms with Crippen molar-refractivity contribution in [2.24, 2.45) is 5.84 Å². The summed E-state index contributed by atoms with van der Waals surface area (Å²) in [5, 5.41) is 2.78. The third kappa shape index (κ3) is 2.54. The van der Waals surface area contributed by atoms with Crippen molar-refractivity contribution < 1.29 is 8.78 Å². The zero-order valence-electron chi connectivity index (χ0n) is 9.50. The predicted octanol–water partition coefficient (Wildman–Crippen LogP) is 2.02. The van der Waals surface area contributed by atoms with Gasteiger partial charge in [0.25, 0.3) is 0 Å². The van der Waals surface area contributed by atoms with Crippen molar-refractivity contribution in [2.75, 3.05) is 10.7 Å². The van der Waals surface area contributed by atoms with E-state index in [0.29, 0.717) is 6.54 Å². The summed E-state index contributed by atoms with van der Waals surface area (Å²) >= 11 is 1.45. The van der Waals surface area contributed by atoms with E-state index < -0.39 is 11.6 Å². The average Bonchev–Trinajstić information content (AvgIpc) is 2.74. The van der Waals surface area contributed by atoms with Crippen molar-refractivity contribution in [1.82, 2.24) is 9.97 Å². The second-order valence-electron chi connectivity index (χ2n) is 3.51. The van der Waals surface area contributed by atoms with Crippen molar-refractivity contribution in [3.8, 4) is 0 Å². The first-order valence-electron chi connectivity index (χ1n) is 5.07. The molecular weight excluding hydrogens is 260 g/mol. The van der Waals surface area contributed by atoms with Gasteiger partial charge in [-0.05, 0) is 6.92 Å². The minimum Gasteiger partial charge on any atom is -0.363 e. The maximum absolute atomic E-state index is 13.5. The lowest BCUT2D eigenvalue weighted by molar-refractivity contribution is 0.578. The molecule has 0 atom stereocenters. The molecule has 0 bridgehead atoms. The molecule has 2 aromatic rings. The molecule has 4 N–H and O–H groups in total. The Morgan fingerprint density at radius 1 is 1.33 bits per heavy atom. The highest BCUT2D eigenvalue weighted by Crippen LogP contribution is 2.20. The molecule has 0 radical (unpaired) electrons. The number of aromatic nitrogens is 2. The zero-order valence-corrected chi connectivity index (χ0v) is 10.3. The van der Waals surface area contributed by atoms with Gasteiger partial charge in [-0.3, -0.25) is 0 Å². The molecule has 0 aliphatic rings. The Morgan fingerprint density at radius 3 is 2.67 bits per heavy atom. The summed E-state index contributed by atoms with van der Waals surface area (Å²) in [6.07, 6.45) is 0. The highest BCUT2D eigenvalue weighted by Gasteiger charge is 2.11. The van der Waals surface area contributed by atoms with Crippen LogP contribution < -0.4 is 16.6 Å². The van der Waals surface area contributed by atoms with E-state index in [-0.39, 0.29) is 11.6 Å². The summed E-state index contributed by atoms with van der Waals surface area (Å²) in [5.41, 5.74) is 4.63. The number of hydrazine groups is 1. The number of hydrogen-bond acceptors (Lipinski definition) is 6. The zero-order chi connectivity index (χ0) is 13.1. The molecule has 0 aliphatic heterocycles. The first-order chi connectivity index (χ1) is 8.61. The van der Waals surface area contributed by atoms with Crippen LogP contribution in [0.1, 0.15) is 10.6 Å². The first-order valence-corrected chi connectivity index (χ1v) is 5.95. The Labute approximate surface area is 106 Å². The number of thiazole rings is 1.